The fraction of sp³-hybridized carbons (Fsp3) is 0.500. The van der Waals surface area contributed by atoms with Crippen molar-refractivity contribution < 1.29 is 14.6 Å². The third kappa shape index (κ3) is 2.28. The van der Waals surface area contributed by atoms with Gasteiger partial charge in [-0.05, 0) is 38.5 Å². The van der Waals surface area contributed by atoms with Crippen LogP contribution in [0.1, 0.15) is 31.7 Å². The average Bonchev–Trinajstić information content (AvgIpc) is 2.39. The largest absolute Gasteiger partial charge is 0.493 e. The maximum absolute atomic E-state index is 11.3. The summed E-state index contributed by atoms with van der Waals surface area (Å²) in [5.41, 5.74) is 1.87. The average molecular weight is 249 g/mol. The predicted octanol–water partition coefficient (Wildman–Crippen LogP) is 2.48. The molecule has 1 unspecified atom stereocenters. The minimum absolute atomic E-state index is 0.440. The molecule has 0 aliphatic carbocycles. The molecule has 98 valence electrons. The van der Waals surface area contributed by atoms with Crippen LogP contribution in [0, 0.1) is 0 Å². The molecule has 4 heteroatoms. The molecule has 1 N–H and O–H groups in total. The zero-order valence-corrected chi connectivity index (χ0v) is 10.8. The van der Waals surface area contributed by atoms with Gasteiger partial charge < -0.3 is 14.7 Å². The Morgan fingerprint density at radius 1 is 1.44 bits per heavy atom. The quantitative estimate of drug-likeness (QED) is 0.890. The van der Waals surface area contributed by atoms with Crippen LogP contribution in [-0.2, 0) is 4.79 Å². The molecule has 1 aromatic carbocycles. The standard InChI is InChI=1S/C14H19NO3/c1-3-15(4-2)10-5-6-13-12(9-10)11(14(16)17)7-8-18-13/h5-6,9,11H,3-4,7-8H2,1-2H3,(H,16,17). The summed E-state index contributed by atoms with van der Waals surface area (Å²) in [6.07, 6.45) is 0.546. The van der Waals surface area contributed by atoms with E-state index in [1.165, 1.54) is 0 Å². The lowest BCUT2D eigenvalue weighted by Gasteiger charge is -2.27. The van der Waals surface area contributed by atoms with E-state index < -0.39 is 11.9 Å². The monoisotopic (exact) mass is 249 g/mol. The molecule has 0 bridgehead atoms. The van der Waals surface area contributed by atoms with E-state index in [2.05, 4.69) is 18.7 Å². The number of carboxylic acids is 1. The van der Waals surface area contributed by atoms with Gasteiger partial charge in [-0.15, -0.1) is 0 Å². The third-order valence-corrected chi connectivity index (χ3v) is 3.46. The summed E-state index contributed by atoms with van der Waals surface area (Å²) in [6.45, 7) is 6.48. The van der Waals surface area contributed by atoms with E-state index in [1.807, 2.05) is 18.2 Å². The van der Waals surface area contributed by atoms with Crippen molar-refractivity contribution in [2.24, 2.45) is 0 Å². The summed E-state index contributed by atoms with van der Waals surface area (Å²) < 4.78 is 5.52. The van der Waals surface area contributed by atoms with Crippen LogP contribution in [0.5, 0.6) is 5.75 Å². The number of benzene rings is 1. The van der Waals surface area contributed by atoms with Crippen molar-refractivity contribution >= 4 is 11.7 Å². The first kappa shape index (κ1) is 12.7. The highest BCUT2D eigenvalue weighted by Crippen LogP contribution is 2.36. The maximum atomic E-state index is 11.3. The number of rotatable bonds is 4. The summed E-state index contributed by atoms with van der Waals surface area (Å²) in [6, 6.07) is 5.84. The summed E-state index contributed by atoms with van der Waals surface area (Å²) in [7, 11) is 0. The van der Waals surface area contributed by atoms with Crippen LogP contribution in [-0.4, -0.2) is 30.8 Å². The Hall–Kier alpha value is -1.71. The number of anilines is 1. The second-order valence-electron chi connectivity index (χ2n) is 4.42. The van der Waals surface area contributed by atoms with Crippen molar-refractivity contribution in [3.63, 3.8) is 0 Å². The van der Waals surface area contributed by atoms with E-state index in [1.54, 1.807) is 0 Å². The maximum Gasteiger partial charge on any atom is 0.311 e. The van der Waals surface area contributed by atoms with Gasteiger partial charge >= 0.3 is 5.97 Å². The lowest BCUT2D eigenvalue weighted by atomic mass is 9.92. The highest BCUT2D eigenvalue weighted by atomic mass is 16.5. The molecule has 1 atom stereocenters. The van der Waals surface area contributed by atoms with E-state index in [9.17, 15) is 9.90 Å². The van der Waals surface area contributed by atoms with Gasteiger partial charge in [0.1, 0.15) is 5.75 Å². The SMILES string of the molecule is CCN(CC)c1ccc2c(c1)C(C(=O)O)CCO2. The first-order valence-corrected chi connectivity index (χ1v) is 6.41. The van der Waals surface area contributed by atoms with Crippen LogP contribution < -0.4 is 9.64 Å². The smallest absolute Gasteiger partial charge is 0.311 e. The molecule has 0 saturated carbocycles. The normalized spacial score (nSPS) is 17.8. The molecule has 18 heavy (non-hydrogen) atoms. The van der Waals surface area contributed by atoms with Gasteiger partial charge in [0.25, 0.3) is 0 Å². The van der Waals surface area contributed by atoms with Gasteiger partial charge in [-0.2, -0.15) is 0 Å². The zero-order valence-electron chi connectivity index (χ0n) is 10.8. The van der Waals surface area contributed by atoms with Crippen LogP contribution in [0.3, 0.4) is 0 Å². The molecule has 4 nitrogen and oxygen atoms in total. The van der Waals surface area contributed by atoms with Crippen LogP contribution in [0.15, 0.2) is 18.2 Å². The van der Waals surface area contributed by atoms with Crippen LogP contribution in [0.2, 0.25) is 0 Å². The molecule has 0 fully saturated rings. The van der Waals surface area contributed by atoms with Crippen LogP contribution in [0.25, 0.3) is 0 Å². The first-order valence-electron chi connectivity index (χ1n) is 6.41. The number of nitrogens with zero attached hydrogens (tertiary/aromatic N) is 1. The number of carbonyl (C=O) groups is 1. The van der Waals surface area contributed by atoms with Crippen LogP contribution >= 0.6 is 0 Å². The van der Waals surface area contributed by atoms with Crippen molar-refractivity contribution in [3.05, 3.63) is 23.8 Å². The molecule has 0 saturated heterocycles. The Morgan fingerprint density at radius 2 is 2.17 bits per heavy atom. The number of aliphatic carboxylic acids is 1. The Kier molecular flexibility index (Phi) is 3.75. The number of hydrogen-bond donors (Lipinski definition) is 1. The Labute approximate surface area is 107 Å². The zero-order chi connectivity index (χ0) is 13.1. The van der Waals surface area contributed by atoms with E-state index in [4.69, 9.17) is 4.74 Å². The Bertz CT molecular complexity index is 441. The molecule has 1 aromatic rings. The highest BCUT2D eigenvalue weighted by molar-refractivity contribution is 5.78. The van der Waals surface area contributed by atoms with E-state index in [-0.39, 0.29) is 0 Å². The van der Waals surface area contributed by atoms with Gasteiger partial charge in [0.05, 0.1) is 12.5 Å². The number of ether oxygens (including phenoxy) is 1. The Morgan fingerprint density at radius 3 is 2.78 bits per heavy atom. The number of fused-ring (bicyclic) bond motifs is 1. The molecule has 0 aromatic heterocycles. The van der Waals surface area contributed by atoms with Crippen molar-refractivity contribution in [1.29, 1.82) is 0 Å². The molecular formula is C14H19NO3. The fourth-order valence-corrected chi connectivity index (χ4v) is 2.42. The van der Waals surface area contributed by atoms with Gasteiger partial charge in [-0.3, -0.25) is 4.79 Å². The summed E-state index contributed by atoms with van der Waals surface area (Å²) in [5.74, 6) is -0.495. The van der Waals surface area contributed by atoms with Crippen LogP contribution in [0.4, 0.5) is 5.69 Å². The molecule has 1 aliphatic rings. The second-order valence-corrected chi connectivity index (χ2v) is 4.42. The van der Waals surface area contributed by atoms with E-state index in [0.29, 0.717) is 18.8 Å². The number of carboxylic acid groups (broad SMARTS) is 1. The predicted molar refractivity (Wildman–Crippen MR) is 70.5 cm³/mol. The molecule has 0 amide bonds. The summed E-state index contributed by atoms with van der Waals surface area (Å²) in [4.78, 5) is 13.5. The fourth-order valence-electron chi connectivity index (χ4n) is 2.42. The lowest BCUT2D eigenvalue weighted by molar-refractivity contribution is -0.139. The molecule has 1 aliphatic heterocycles. The van der Waals surface area contributed by atoms with Gasteiger partial charge in [-0.1, -0.05) is 0 Å². The first-order chi connectivity index (χ1) is 8.67. The molecular weight excluding hydrogens is 230 g/mol. The van der Waals surface area contributed by atoms with Gasteiger partial charge in [0.2, 0.25) is 0 Å². The van der Waals surface area contributed by atoms with Gasteiger partial charge in [0.15, 0.2) is 0 Å². The molecule has 2 rings (SSSR count). The Balaban J connectivity index is 2.39. The molecule has 0 spiro atoms. The molecule has 1 heterocycles. The topological polar surface area (TPSA) is 49.8 Å². The van der Waals surface area contributed by atoms with Gasteiger partial charge in [0, 0.05) is 24.3 Å². The minimum Gasteiger partial charge on any atom is -0.493 e. The summed E-state index contributed by atoms with van der Waals surface area (Å²) in [5, 5.41) is 9.26. The minimum atomic E-state index is -0.767. The van der Waals surface area contributed by atoms with E-state index in [0.717, 1.165) is 24.3 Å². The molecule has 0 radical (unpaired) electrons. The van der Waals surface area contributed by atoms with E-state index >= 15 is 0 Å². The van der Waals surface area contributed by atoms with Crippen molar-refractivity contribution in [3.8, 4) is 5.75 Å². The van der Waals surface area contributed by atoms with Crippen molar-refractivity contribution in [2.75, 3.05) is 24.6 Å². The lowest BCUT2D eigenvalue weighted by Crippen LogP contribution is -2.24. The third-order valence-electron chi connectivity index (χ3n) is 3.46. The van der Waals surface area contributed by atoms with Gasteiger partial charge in [-0.25, -0.2) is 0 Å². The number of hydrogen-bond acceptors (Lipinski definition) is 3. The van der Waals surface area contributed by atoms with Crippen molar-refractivity contribution in [2.45, 2.75) is 26.2 Å². The van der Waals surface area contributed by atoms with Crippen molar-refractivity contribution in [1.82, 2.24) is 0 Å². The summed E-state index contributed by atoms with van der Waals surface area (Å²) >= 11 is 0. The second kappa shape index (κ2) is 5.29. The highest BCUT2D eigenvalue weighted by Gasteiger charge is 2.27.